The topological polar surface area (TPSA) is 132 Å². The van der Waals surface area contributed by atoms with Gasteiger partial charge in [-0.05, 0) is 54.4 Å². The van der Waals surface area contributed by atoms with Crippen molar-refractivity contribution in [3.63, 3.8) is 0 Å². The highest BCUT2D eigenvalue weighted by atomic mass is 32.2. The van der Waals surface area contributed by atoms with Crippen LogP contribution in [0.2, 0.25) is 0 Å². The van der Waals surface area contributed by atoms with E-state index in [9.17, 15) is 28.6 Å². The molecular formula is C11H11N3O6S3. The van der Waals surface area contributed by atoms with E-state index in [1.54, 1.807) is 0 Å². The third-order valence-electron chi connectivity index (χ3n) is 2.81. The van der Waals surface area contributed by atoms with E-state index in [1.807, 2.05) is 5.02 Å². The Labute approximate surface area is 142 Å². The molecule has 2 unspecified atom stereocenters. The lowest BCUT2D eigenvalue weighted by Crippen LogP contribution is -2.45. The number of sulfonamides is 1. The molecule has 1 N–H and O–H groups in total. The molecule has 0 aromatic rings. The minimum absolute atomic E-state index is 0.306. The monoisotopic (exact) mass is 377 g/mol. The van der Waals surface area contributed by atoms with Crippen LogP contribution in [0.5, 0.6) is 0 Å². The van der Waals surface area contributed by atoms with Crippen molar-refractivity contribution in [1.29, 1.82) is 0 Å². The van der Waals surface area contributed by atoms with E-state index in [0.29, 0.717) is 0 Å². The number of thiocarbonyl (C=S) groups is 2. The molecule has 1 rings (SSSR count). The van der Waals surface area contributed by atoms with E-state index < -0.39 is 48.5 Å². The smallest absolute Gasteiger partial charge is 0.263 e. The second-order valence-corrected chi connectivity index (χ2v) is 6.94. The molecule has 0 spiro atoms. The molecule has 1 aliphatic rings. The fourth-order valence-corrected chi connectivity index (χ4v) is 3.97. The molecular weight excluding hydrogens is 366 g/mol. The molecule has 0 heterocycles. The summed E-state index contributed by atoms with van der Waals surface area (Å²) >= 11 is 9.06. The van der Waals surface area contributed by atoms with Gasteiger partial charge in [-0.2, -0.15) is 0 Å². The molecule has 1 aliphatic carbocycles. The first-order valence-corrected chi connectivity index (χ1v) is 8.37. The molecule has 12 heteroatoms. The van der Waals surface area contributed by atoms with Gasteiger partial charge in [0.05, 0.1) is 5.57 Å². The van der Waals surface area contributed by atoms with Crippen molar-refractivity contribution in [2.24, 2.45) is 0 Å². The van der Waals surface area contributed by atoms with Crippen LogP contribution in [0.1, 0.15) is 13.8 Å². The Morgan fingerprint density at radius 3 is 2.04 bits per heavy atom. The number of nitrogens with one attached hydrogen (secondary N) is 1. The molecule has 9 nitrogen and oxygen atoms in total. The lowest BCUT2D eigenvalue weighted by molar-refractivity contribution is -0.528. The summed E-state index contributed by atoms with van der Waals surface area (Å²) in [5.41, 5.74) is -0.881. The van der Waals surface area contributed by atoms with E-state index in [0.717, 1.165) is 6.08 Å². The first-order chi connectivity index (χ1) is 10.6. The normalized spacial score (nSPS) is 21.4. The summed E-state index contributed by atoms with van der Waals surface area (Å²) < 4.78 is 26.8. The molecule has 0 radical (unpaired) electrons. The number of hydrogen-bond acceptors (Lipinski definition) is 8. The second-order valence-electron chi connectivity index (χ2n) is 4.81. The van der Waals surface area contributed by atoms with Crippen LogP contribution >= 0.6 is 24.4 Å². The van der Waals surface area contributed by atoms with E-state index >= 15 is 0 Å². The Kier molecular flexibility index (Phi) is 6.00. The predicted octanol–water partition coefficient (Wildman–Crippen LogP) is 0.552. The van der Waals surface area contributed by atoms with E-state index in [2.05, 4.69) is 34.2 Å². The van der Waals surface area contributed by atoms with Crippen molar-refractivity contribution < 1.29 is 18.3 Å². The maximum absolute atomic E-state index is 12.3. The fourth-order valence-electron chi connectivity index (χ4n) is 2.03. The summed E-state index contributed by atoms with van der Waals surface area (Å²) in [6.45, 7) is 3.04. The van der Waals surface area contributed by atoms with Gasteiger partial charge in [0.1, 0.15) is 10.5 Å². The predicted molar refractivity (Wildman–Crippen MR) is 89.1 cm³/mol. The molecule has 0 bridgehead atoms. The molecule has 0 saturated carbocycles. The van der Waals surface area contributed by atoms with Gasteiger partial charge in [0.2, 0.25) is 10.0 Å². The van der Waals surface area contributed by atoms with E-state index in [-0.39, 0.29) is 5.57 Å². The van der Waals surface area contributed by atoms with Crippen LogP contribution in [0.3, 0.4) is 0 Å². The third kappa shape index (κ3) is 3.94. The Morgan fingerprint density at radius 1 is 1.17 bits per heavy atom. The van der Waals surface area contributed by atoms with E-state index in [1.165, 1.54) is 13.8 Å². The van der Waals surface area contributed by atoms with Crippen LogP contribution in [0.25, 0.3) is 0 Å². The van der Waals surface area contributed by atoms with Gasteiger partial charge in [0.25, 0.3) is 12.1 Å². The molecule has 0 aromatic heterocycles. The molecule has 0 aliphatic heterocycles. The fraction of sp³-hybridized carbons (Fsp3) is 0.455. The maximum atomic E-state index is 12.3. The summed E-state index contributed by atoms with van der Waals surface area (Å²) in [5, 5.41) is 26.5. The van der Waals surface area contributed by atoms with Gasteiger partial charge in [-0.3, -0.25) is 20.2 Å². The second kappa shape index (κ2) is 7.18. The zero-order valence-corrected chi connectivity index (χ0v) is 14.3. The molecule has 124 valence electrons. The molecule has 0 aromatic carbocycles. The minimum atomic E-state index is -4.28. The van der Waals surface area contributed by atoms with Crippen LogP contribution < -0.4 is 4.72 Å². The van der Waals surface area contributed by atoms with Crippen LogP contribution in [0.4, 0.5) is 0 Å². The highest BCUT2D eigenvalue weighted by molar-refractivity contribution is 7.93. The average Bonchev–Trinajstić information content (AvgIpc) is 2.42. The van der Waals surface area contributed by atoms with Crippen molar-refractivity contribution in [3.05, 3.63) is 42.4 Å². The summed E-state index contributed by atoms with van der Waals surface area (Å²) in [4.78, 5) is 20.0. The molecule has 0 saturated heterocycles. The zero-order chi connectivity index (χ0) is 17.9. The lowest BCUT2D eigenvalue weighted by Gasteiger charge is -2.23. The number of nitro groups is 2. The SMILES string of the molecule is CC(C)NS(=O)(=O)C1=CC(=C=S)C([N+](=O)[O-])C(=C=S)C1[N+](=O)[O-]. The van der Waals surface area contributed by atoms with Gasteiger partial charge in [0.15, 0.2) is 0 Å². The zero-order valence-electron chi connectivity index (χ0n) is 11.9. The lowest BCUT2D eigenvalue weighted by atomic mass is 9.89. The Balaban J connectivity index is 3.74. The summed E-state index contributed by atoms with van der Waals surface area (Å²) in [6.07, 6.45) is 0.800. The summed E-state index contributed by atoms with van der Waals surface area (Å²) in [7, 11) is -4.28. The summed E-state index contributed by atoms with van der Waals surface area (Å²) in [5.74, 6) is 0. The molecule has 23 heavy (non-hydrogen) atoms. The van der Waals surface area contributed by atoms with Crippen molar-refractivity contribution in [1.82, 2.24) is 4.72 Å². The minimum Gasteiger partial charge on any atom is -0.263 e. The Bertz CT molecular complexity index is 788. The third-order valence-corrected chi connectivity index (χ3v) is 5.02. The van der Waals surface area contributed by atoms with Gasteiger partial charge in [-0.25, -0.2) is 13.1 Å². The first-order valence-electron chi connectivity index (χ1n) is 6.07. The van der Waals surface area contributed by atoms with Crippen LogP contribution in [-0.4, -0.2) is 46.4 Å². The van der Waals surface area contributed by atoms with Gasteiger partial charge in [0, 0.05) is 15.9 Å². The molecule has 2 atom stereocenters. The van der Waals surface area contributed by atoms with Gasteiger partial charge in [-0.1, -0.05) is 0 Å². The molecule has 0 amide bonds. The van der Waals surface area contributed by atoms with Crippen molar-refractivity contribution in [3.8, 4) is 0 Å². The average molecular weight is 377 g/mol. The van der Waals surface area contributed by atoms with E-state index in [4.69, 9.17) is 0 Å². The van der Waals surface area contributed by atoms with Gasteiger partial charge >= 0.3 is 0 Å². The Morgan fingerprint density at radius 2 is 1.70 bits per heavy atom. The quantitative estimate of drug-likeness (QED) is 0.417. The van der Waals surface area contributed by atoms with Crippen molar-refractivity contribution >= 4 is 44.5 Å². The number of nitrogens with zero attached hydrogens (tertiary/aromatic N) is 2. The Hall–Kier alpha value is -1.81. The maximum Gasteiger partial charge on any atom is 0.286 e. The number of hydrogen-bond donors (Lipinski definition) is 1. The van der Waals surface area contributed by atoms with Crippen LogP contribution in [0.15, 0.2) is 22.1 Å². The standard InChI is InChI=1S/C11H11N3O6S3/c1-6(2)12-23(19,20)9-3-7(4-21)10(13(15)16)8(5-22)11(9)14(17)18/h3,6,10-12H,1-2H3. The number of rotatable bonds is 5. The highest BCUT2D eigenvalue weighted by Crippen LogP contribution is 2.32. The van der Waals surface area contributed by atoms with Crippen molar-refractivity contribution in [2.45, 2.75) is 32.0 Å². The van der Waals surface area contributed by atoms with Crippen molar-refractivity contribution in [2.75, 3.05) is 0 Å². The molecule has 0 fully saturated rings. The van der Waals surface area contributed by atoms with Gasteiger partial charge in [-0.15, -0.1) is 0 Å². The largest absolute Gasteiger partial charge is 0.286 e. The van der Waals surface area contributed by atoms with Gasteiger partial charge < -0.3 is 0 Å². The summed E-state index contributed by atoms with van der Waals surface area (Å²) in [6, 6.07) is -4.30. The highest BCUT2D eigenvalue weighted by Gasteiger charge is 2.51. The van der Waals surface area contributed by atoms with Crippen LogP contribution in [-0.2, 0) is 10.0 Å². The van der Waals surface area contributed by atoms with Crippen LogP contribution in [0, 0.1) is 20.2 Å². The first kappa shape index (κ1) is 19.2.